The van der Waals surface area contributed by atoms with E-state index in [1.807, 2.05) is 24.3 Å². The number of ether oxygens (including phenoxy) is 2. The molecule has 4 rings (SSSR count). The number of thiazole rings is 1. The molecule has 0 spiro atoms. The lowest BCUT2D eigenvalue weighted by Gasteiger charge is -2.26. The standard InChI is InChI=1S/C19H21ClN4O3S/c1-12(25)24-16(11-15(22-24)13-3-5-14(26-2)6-4-13)17-18(20)21-19(28-17)23-7-9-27-10-8-23/h3-6,16H,7-11H2,1-2H3. The zero-order chi connectivity index (χ0) is 19.7. The third-order valence-corrected chi connectivity index (χ3v) is 6.46. The number of hydrogen-bond acceptors (Lipinski definition) is 7. The van der Waals surface area contributed by atoms with Crippen LogP contribution in [0.3, 0.4) is 0 Å². The van der Waals surface area contributed by atoms with Crippen LogP contribution in [0.5, 0.6) is 5.75 Å². The van der Waals surface area contributed by atoms with E-state index in [0.29, 0.717) is 24.8 Å². The second-order valence-electron chi connectivity index (χ2n) is 6.61. The minimum atomic E-state index is -0.241. The van der Waals surface area contributed by atoms with Gasteiger partial charge < -0.3 is 14.4 Å². The molecular weight excluding hydrogens is 400 g/mol. The van der Waals surface area contributed by atoms with Crippen molar-refractivity contribution < 1.29 is 14.3 Å². The number of nitrogens with zero attached hydrogens (tertiary/aromatic N) is 4. The molecule has 2 aliphatic rings. The third-order valence-electron chi connectivity index (χ3n) is 4.84. The Kier molecular flexibility index (Phi) is 5.52. The maximum Gasteiger partial charge on any atom is 0.240 e. The van der Waals surface area contributed by atoms with Gasteiger partial charge in [-0.15, -0.1) is 0 Å². The number of aromatic nitrogens is 1. The van der Waals surface area contributed by atoms with Gasteiger partial charge in [-0.05, 0) is 29.8 Å². The van der Waals surface area contributed by atoms with E-state index in [2.05, 4.69) is 15.0 Å². The van der Waals surface area contributed by atoms with Crippen LogP contribution in [0, 0.1) is 0 Å². The van der Waals surface area contributed by atoms with Crippen LogP contribution in [0.25, 0.3) is 0 Å². The summed E-state index contributed by atoms with van der Waals surface area (Å²) in [7, 11) is 1.63. The molecule has 1 aromatic heterocycles. The van der Waals surface area contributed by atoms with Crippen LogP contribution in [-0.2, 0) is 9.53 Å². The molecule has 9 heteroatoms. The molecule has 2 aromatic rings. The van der Waals surface area contributed by atoms with E-state index in [-0.39, 0.29) is 11.9 Å². The number of hydrogen-bond donors (Lipinski definition) is 0. The zero-order valence-electron chi connectivity index (χ0n) is 15.7. The molecule has 28 heavy (non-hydrogen) atoms. The van der Waals surface area contributed by atoms with Gasteiger partial charge in [0.15, 0.2) is 5.13 Å². The zero-order valence-corrected chi connectivity index (χ0v) is 17.3. The lowest BCUT2D eigenvalue weighted by molar-refractivity contribution is -0.130. The van der Waals surface area contributed by atoms with Crippen LogP contribution in [0.1, 0.15) is 29.8 Å². The van der Waals surface area contributed by atoms with Gasteiger partial charge in [0.05, 0.1) is 37.0 Å². The topological polar surface area (TPSA) is 67.3 Å². The fourth-order valence-electron chi connectivity index (χ4n) is 3.36. The summed E-state index contributed by atoms with van der Waals surface area (Å²) >= 11 is 8.01. The highest BCUT2D eigenvalue weighted by Crippen LogP contribution is 2.42. The molecule has 1 unspecified atom stereocenters. The van der Waals surface area contributed by atoms with Gasteiger partial charge in [0, 0.05) is 26.4 Å². The Morgan fingerprint density at radius 1 is 1.29 bits per heavy atom. The summed E-state index contributed by atoms with van der Waals surface area (Å²) < 4.78 is 10.6. The maximum atomic E-state index is 12.2. The Morgan fingerprint density at radius 2 is 2.00 bits per heavy atom. The minimum absolute atomic E-state index is 0.120. The van der Waals surface area contributed by atoms with E-state index >= 15 is 0 Å². The molecule has 1 saturated heterocycles. The molecule has 0 bridgehead atoms. The minimum Gasteiger partial charge on any atom is -0.497 e. The van der Waals surface area contributed by atoms with Crippen molar-refractivity contribution in [3.63, 3.8) is 0 Å². The maximum absolute atomic E-state index is 12.2. The van der Waals surface area contributed by atoms with Crippen LogP contribution in [0.2, 0.25) is 5.15 Å². The first-order valence-corrected chi connectivity index (χ1v) is 10.3. The molecule has 3 heterocycles. The Bertz CT molecular complexity index is 893. The van der Waals surface area contributed by atoms with E-state index in [1.54, 1.807) is 7.11 Å². The van der Waals surface area contributed by atoms with Crippen molar-refractivity contribution in [2.75, 3.05) is 38.3 Å². The molecule has 0 radical (unpaired) electrons. The lowest BCUT2D eigenvalue weighted by atomic mass is 10.0. The van der Waals surface area contributed by atoms with Crippen LogP contribution >= 0.6 is 22.9 Å². The normalized spacial score (nSPS) is 19.7. The molecule has 1 amide bonds. The molecule has 0 aliphatic carbocycles. The summed E-state index contributed by atoms with van der Waals surface area (Å²) in [5.41, 5.74) is 1.81. The van der Waals surface area contributed by atoms with Crippen molar-refractivity contribution in [2.24, 2.45) is 5.10 Å². The van der Waals surface area contributed by atoms with Gasteiger partial charge in [-0.1, -0.05) is 22.9 Å². The van der Waals surface area contributed by atoms with Crippen molar-refractivity contribution in [3.05, 3.63) is 39.9 Å². The Morgan fingerprint density at radius 3 is 2.64 bits per heavy atom. The Labute approximate surface area is 172 Å². The molecule has 0 N–H and O–H groups in total. The molecule has 1 aromatic carbocycles. The second-order valence-corrected chi connectivity index (χ2v) is 7.98. The number of benzene rings is 1. The Hall–Kier alpha value is -2.16. The van der Waals surface area contributed by atoms with Crippen molar-refractivity contribution in [1.29, 1.82) is 0 Å². The van der Waals surface area contributed by atoms with Crippen molar-refractivity contribution >= 4 is 39.7 Å². The predicted octanol–water partition coefficient (Wildman–Crippen LogP) is 3.34. The summed E-state index contributed by atoms with van der Waals surface area (Å²) in [5.74, 6) is 0.661. The molecule has 148 valence electrons. The monoisotopic (exact) mass is 420 g/mol. The summed E-state index contributed by atoms with van der Waals surface area (Å²) in [5, 5.41) is 7.40. The van der Waals surface area contributed by atoms with Crippen LogP contribution in [-0.4, -0.2) is 55.0 Å². The van der Waals surface area contributed by atoms with E-state index in [4.69, 9.17) is 21.1 Å². The van der Waals surface area contributed by atoms with E-state index in [0.717, 1.165) is 40.1 Å². The van der Waals surface area contributed by atoms with Gasteiger partial charge in [-0.3, -0.25) is 4.79 Å². The fraction of sp³-hybridized carbons (Fsp3) is 0.421. The average molecular weight is 421 g/mol. The largest absolute Gasteiger partial charge is 0.497 e. The first-order chi connectivity index (χ1) is 13.6. The number of methoxy groups -OCH3 is 1. The fourth-order valence-corrected chi connectivity index (χ4v) is 4.83. The van der Waals surface area contributed by atoms with Crippen molar-refractivity contribution in [2.45, 2.75) is 19.4 Å². The average Bonchev–Trinajstić information content (AvgIpc) is 3.32. The lowest BCUT2D eigenvalue weighted by Crippen LogP contribution is -2.36. The number of amides is 1. The number of carbonyl (C=O) groups is 1. The number of carbonyl (C=O) groups excluding carboxylic acids is 1. The SMILES string of the molecule is COc1ccc(C2=NN(C(C)=O)C(c3sc(N4CCOCC4)nc3Cl)C2)cc1. The summed E-state index contributed by atoms with van der Waals surface area (Å²) in [6, 6.07) is 7.44. The van der Waals surface area contributed by atoms with Crippen molar-refractivity contribution in [1.82, 2.24) is 9.99 Å². The van der Waals surface area contributed by atoms with Gasteiger partial charge in [0.25, 0.3) is 0 Å². The van der Waals surface area contributed by atoms with E-state index in [1.165, 1.54) is 23.3 Å². The highest BCUT2D eigenvalue weighted by Gasteiger charge is 2.35. The smallest absolute Gasteiger partial charge is 0.240 e. The number of anilines is 1. The van der Waals surface area contributed by atoms with Gasteiger partial charge >= 0.3 is 0 Å². The van der Waals surface area contributed by atoms with Gasteiger partial charge in [0.2, 0.25) is 5.91 Å². The number of hydrazone groups is 1. The van der Waals surface area contributed by atoms with Gasteiger partial charge in [-0.25, -0.2) is 9.99 Å². The predicted molar refractivity (Wildman–Crippen MR) is 110 cm³/mol. The van der Waals surface area contributed by atoms with E-state index < -0.39 is 0 Å². The summed E-state index contributed by atoms with van der Waals surface area (Å²) in [6.07, 6.45) is 0.594. The van der Waals surface area contributed by atoms with Crippen LogP contribution < -0.4 is 9.64 Å². The Balaban J connectivity index is 1.60. The second kappa shape index (κ2) is 8.06. The van der Waals surface area contributed by atoms with Gasteiger partial charge in [-0.2, -0.15) is 5.10 Å². The number of halogens is 1. The van der Waals surface area contributed by atoms with E-state index in [9.17, 15) is 4.79 Å². The molecular formula is C19H21ClN4O3S. The van der Waals surface area contributed by atoms with Crippen molar-refractivity contribution in [3.8, 4) is 5.75 Å². The summed E-state index contributed by atoms with van der Waals surface area (Å²) in [6.45, 7) is 4.46. The highest BCUT2D eigenvalue weighted by molar-refractivity contribution is 7.16. The van der Waals surface area contributed by atoms with Crippen LogP contribution in [0.4, 0.5) is 5.13 Å². The highest BCUT2D eigenvalue weighted by atomic mass is 35.5. The van der Waals surface area contributed by atoms with Gasteiger partial charge in [0.1, 0.15) is 10.9 Å². The molecule has 7 nitrogen and oxygen atoms in total. The third kappa shape index (κ3) is 3.72. The van der Waals surface area contributed by atoms with Crippen LogP contribution in [0.15, 0.2) is 29.4 Å². The first kappa shape index (κ1) is 19.2. The summed E-state index contributed by atoms with van der Waals surface area (Å²) in [4.78, 5) is 19.8. The molecule has 1 fully saturated rings. The molecule has 2 aliphatic heterocycles. The first-order valence-electron chi connectivity index (χ1n) is 9.07. The number of rotatable bonds is 4. The molecule has 1 atom stereocenters. The number of morpholine rings is 1. The quantitative estimate of drug-likeness (QED) is 0.758. The molecule has 0 saturated carbocycles.